The van der Waals surface area contributed by atoms with Gasteiger partial charge in [0.1, 0.15) is 0 Å². The number of hydrogen-bond donors (Lipinski definition) is 1. The molecule has 0 radical (unpaired) electrons. The van der Waals surface area contributed by atoms with Crippen molar-refractivity contribution in [1.82, 2.24) is 0 Å². The predicted octanol–water partition coefficient (Wildman–Crippen LogP) is 3.47. The van der Waals surface area contributed by atoms with Gasteiger partial charge in [-0.15, -0.1) is 0 Å². The van der Waals surface area contributed by atoms with E-state index >= 15 is 0 Å². The quantitative estimate of drug-likeness (QED) is 0.697. The Morgan fingerprint density at radius 3 is 1.77 bits per heavy atom. The summed E-state index contributed by atoms with van der Waals surface area (Å²) in [5.74, 6) is 1.88. The Bertz CT molecular complexity index is 133. The first-order valence-corrected chi connectivity index (χ1v) is 5.45. The molecule has 0 amide bonds. The summed E-state index contributed by atoms with van der Waals surface area (Å²) in [6, 6.07) is 0. The van der Waals surface area contributed by atoms with E-state index in [0.717, 1.165) is 18.3 Å². The molecule has 0 aromatic heterocycles. The molecule has 2 atom stereocenters. The normalized spacial score (nSPS) is 17.5. The van der Waals surface area contributed by atoms with Crippen molar-refractivity contribution in [2.75, 3.05) is 0 Å². The van der Waals surface area contributed by atoms with Crippen LogP contribution in [0.25, 0.3) is 0 Å². The van der Waals surface area contributed by atoms with Crippen molar-refractivity contribution >= 4 is 0 Å². The Hall–Kier alpha value is -0.0400. The van der Waals surface area contributed by atoms with E-state index < -0.39 is 5.60 Å². The number of aliphatic hydroxyl groups is 1. The van der Waals surface area contributed by atoms with Crippen molar-refractivity contribution in [2.24, 2.45) is 17.8 Å². The highest BCUT2D eigenvalue weighted by molar-refractivity contribution is 4.75. The van der Waals surface area contributed by atoms with E-state index in [4.69, 9.17) is 0 Å². The molecule has 0 heterocycles. The molecule has 80 valence electrons. The summed E-state index contributed by atoms with van der Waals surface area (Å²) in [6.07, 6.45) is 2.39. The fraction of sp³-hybridized carbons (Fsp3) is 1.00. The van der Waals surface area contributed by atoms with Gasteiger partial charge in [0, 0.05) is 0 Å². The monoisotopic (exact) mass is 186 g/mol. The van der Waals surface area contributed by atoms with Gasteiger partial charge in [-0.3, -0.25) is 0 Å². The lowest BCUT2D eigenvalue weighted by molar-refractivity contribution is 0.0142. The maximum absolute atomic E-state index is 9.77. The Kier molecular flexibility index (Phi) is 4.98. The molecular formula is C12H26O. The van der Waals surface area contributed by atoms with Crippen molar-refractivity contribution in [3.8, 4) is 0 Å². The van der Waals surface area contributed by atoms with Gasteiger partial charge in [-0.05, 0) is 44.4 Å². The number of hydrogen-bond acceptors (Lipinski definition) is 1. The van der Waals surface area contributed by atoms with E-state index in [1.54, 1.807) is 0 Å². The minimum absolute atomic E-state index is 0.390. The third-order valence-corrected chi connectivity index (χ3v) is 2.84. The number of rotatable bonds is 5. The first-order valence-electron chi connectivity index (χ1n) is 5.45. The third kappa shape index (κ3) is 6.09. The first-order chi connectivity index (χ1) is 5.73. The predicted molar refractivity (Wildman–Crippen MR) is 58.7 cm³/mol. The summed E-state index contributed by atoms with van der Waals surface area (Å²) in [7, 11) is 0. The summed E-state index contributed by atoms with van der Waals surface area (Å²) in [5.41, 5.74) is -0.523. The molecule has 13 heavy (non-hydrogen) atoms. The molecule has 0 aliphatic rings. The minimum atomic E-state index is -0.523. The fourth-order valence-corrected chi connectivity index (χ4v) is 1.79. The molecule has 0 saturated carbocycles. The zero-order chi connectivity index (χ0) is 10.6. The van der Waals surface area contributed by atoms with Crippen LogP contribution in [0.1, 0.15) is 54.4 Å². The second-order valence-electron chi connectivity index (χ2n) is 5.53. The molecule has 0 fully saturated rings. The third-order valence-electron chi connectivity index (χ3n) is 2.84. The van der Waals surface area contributed by atoms with Crippen LogP contribution < -0.4 is 0 Å². The second-order valence-corrected chi connectivity index (χ2v) is 5.53. The first kappa shape index (κ1) is 13.0. The van der Waals surface area contributed by atoms with E-state index in [1.807, 2.05) is 13.8 Å². The Morgan fingerprint density at radius 2 is 1.46 bits per heavy atom. The van der Waals surface area contributed by atoms with Crippen LogP contribution in [0, 0.1) is 17.8 Å². The summed E-state index contributed by atoms with van der Waals surface area (Å²) in [5, 5.41) is 9.77. The molecule has 0 aliphatic heterocycles. The molecule has 1 heteroatoms. The smallest absolute Gasteiger partial charge is 0.0617 e. The summed E-state index contributed by atoms with van der Waals surface area (Å²) < 4.78 is 0. The van der Waals surface area contributed by atoms with Gasteiger partial charge in [0.25, 0.3) is 0 Å². The maximum atomic E-state index is 9.77. The molecule has 1 nitrogen and oxygen atoms in total. The lowest BCUT2D eigenvalue weighted by atomic mass is 9.82. The zero-order valence-corrected chi connectivity index (χ0v) is 10.1. The van der Waals surface area contributed by atoms with Crippen LogP contribution in [0.4, 0.5) is 0 Å². The highest BCUT2D eigenvalue weighted by Crippen LogP contribution is 2.26. The largest absolute Gasteiger partial charge is 0.390 e. The molecular weight excluding hydrogens is 160 g/mol. The molecule has 0 aromatic rings. The molecule has 0 rings (SSSR count). The Balaban J connectivity index is 3.85. The molecule has 0 saturated heterocycles. The van der Waals surface area contributed by atoms with Crippen molar-refractivity contribution in [3.63, 3.8) is 0 Å². The minimum Gasteiger partial charge on any atom is -0.390 e. The van der Waals surface area contributed by atoms with Gasteiger partial charge in [-0.2, -0.15) is 0 Å². The van der Waals surface area contributed by atoms with E-state index in [1.165, 1.54) is 6.42 Å². The van der Waals surface area contributed by atoms with E-state index in [2.05, 4.69) is 27.7 Å². The van der Waals surface area contributed by atoms with Crippen LogP contribution in [0.15, 0.2) is 0 Å². The average molecular weight is 186 g/mol. The van der Waals surface area contributed by atoms with E-state index in [9.17, 15) is 5.11 Å². The standard InChI is InChI=1S/C12H26O/c1-9(2)7-10(3)8-11(4)12(5,6)13/h9-11,13H,7-8H2,1-6H3/t10-,11-/m0/s1. The Labute approximate surface area is 83.5 Å². The van der Waals surface area contributed by atoms with Gasteiger partial charge in [-0.25, -0.2) is 0 Å². The van der Waals surface area contributed by atoms with Gasteiger partial charge < -0.3 is 5.11 Å². The van der Waals surface area contributed by atoms with Crippen LogP contribution >= 0.6 is 0 Å². The van der Waals surface area contributed by atoms with Gasteiger partial charge in [0.15, 0.2) is 0 Å². The summed E-state index contributed by atoms with van der Waals surface area (Å²) >= 11 is 0. The van der Waals surface area contributed by atoms with Crippen molar-refractivity contribution in [3.05, 3.63) is 0 Å². The zero-order valence-electron chi connectivity index (χ0n) is 10.1. The highest BCUT2D eigenvalue weighted by Gasteiger charge is 2.23. The van der Waals surface area contributed by atoms with E-state index in [0.29, 0.717) is 5.92 Å². The van der Waals surface area contributed by atoms with Crippen molar-refractivity contribution < 1.29 is 5.11 Å². The lowest BCUT2D eigenvalue weighted by Crippen LogP contribution is -2.30. The van der Waals surface area contributed by atoms with Crippen LogP contribution in [0.2, 0.25) is 0 Å². The van der Waals surface area contributed by atoms with Crippen LogP contribution in [-0.4, -0.2) is 10.7 Å². The summed E-state index contributed by atoms with van der Waals surface area (Å²) in [6.45, 7) is 12.7. The topological polar surface area (TPSA) is 20.2 Å². The van der Waals surface area contributed by atoms with Gasteiger partial charge >= 0.3 is 0 Å². The average Bonchev–Trinajstić information content (AvgIpc) is 1.82. The molecule has 0 aliphatic carbocycles. The molecule has 0 aromatic carbocycles. The van der Waals surface area contributed by atoms with Crippen molar-refractivity contribution in [1.29, 1.82) is 0 Å². The fourth-order valence-electron chi connectivity index (χ4n) is 1.79. The lowest BCUT2D eigenvalue weighted by Gasteiger charge is -2.28. The van der Waals surface area contributed by atoms with Crippen LogP contribution in [0.5, 0.6) is 0 Å². The molecule has 0 spiro atoms. The van der Waals surface area contributed by atoms with Crippen molar-refractivity contribution in [2.45, 2.75) is 60.0 Å². The Morgan fingerprint density at radius 1 is 1.00 bits per heavy atom. The molecule has 0 bridgehead atoms. The van der Waals surface area contributed by atoms with Gasteiger partial charge in [-0.1, -0.05) is 27.7 Å². The van der Waals surface area contributed by atoms with Gasteiger partial charge in [0.05, 0.1) is 5.60 Å². The molecule has 1 N–H and O–H groups in total. The SMILES string of the molecule is CC(C)C[C@H](C)C[C@H](C)C(C)(C)O. The maximum Gasteiger partial charge on any atom is 0.0617 e. The summed E-state index contributed by atoms with van der Waals surface area (Å²) in [4.78, 5) is 0. The van der Waals surface area contributed by atoms with Crippen LogP contribution in [-0.2, 0) is 0 Å². The molecule has 0 unspecified atom stereocenters. The second kappa shape index (κ2) is 4.99. The highest BCUT2D eigenvalue weighted by atomic mass is 16.3. The van der Waals surface area contributed by atoms with E-state index in [-0.39, 0.29) is 0 Å². The van der Waals surface area contributed by atoms with Crippen LogP contribution in [0.3, 0.4) is 0 Å². The van der Waals surface area contributed by atoms with Gasteiger partial charge in [0.2, 0.25) is 0 Å².